The zero-order valence-corrected chi connectivity index (χ0v) is 17.5. The minimum atomic E-state index is -0.109. The van der Waals surface area contributed by atoms with Gasteiger partial charge in [-0.25, -0.2) is 0 Å². The number of likely N-dealkylation sites (tertiary alicyclic amines) is 1. The Morgan fingerprint density at radius 3 is 2.68 bits per heavy atom. The second kappa shape index (κ2) is 9.12. The largest absolute Gasteiger partial charge is 0.342 e. The molecule has 150 valence electrons. The molecule has 5 nitrogen and oxygen atoms in total. The third kappa shape index (κ3) is 4.59. The van der Waals surface area contributed by atoms with Crippen molar-refractivity contribution in [3.63, 3.8) is 0 Å². The fourth-order valence-electron chi connectivity index (χ4n) is 4.32. The first-order valence-electron chi connectivity index (χ1n) is 10.6. The monoisotopic (exact) mass is 398 g/mol. The quantitative estimate of drug-likeness (QED) is 0.715. The summed E-state index contributed by atoms with van der Waals surface area (Å²) in [5.74, 6) is 2.01. The number of aryl methyl sites for hydroxylation is 1. The van der Waals surface area contributed by atoms with E-state index in [9.17, 15) is 4.79 Å². The molecule has 2 aromatic rings. The summed E-state index contributed by atoms with van der Waals surface area (Å²) >= 11 is 1.58. The number of rotatable bonds is 5. The van der Waals surface area contributed by atoms with Gasteiger partial charge in [-0.05, 0) is 50.5 Å². The van der Waals surface area contributed by atoms with Crippen molar-refractivity contribution in [2.75, 3.05) is 13.1 Å². The molecule has 1 amide bonds. The van der Waals surface area contributed by atoms with E-state index in [1.165, 1.54) is 24.8 Å². The van der Waals surface area contributed by atoms with Crippen molar-refractivity contribution in [1.82, 2.24) is 19.7 Å². The molecule has 1 atom stereocenters. The number of carbonyl (C=O) groups excluding carboxylic acids is 1. The maximum atomic E-state index is 13.0. The maximum absolute atomic E-state index is 13.0. The van der Waals surface area contributed by atoms with Crippen molar-refractivity contribution in [2.24, 2.45) is 5.92 Å². The van der Waals surface area contributed by atoms with E-state index in [-0.39, 0.29) is 11.2 Å². The Morgan fingerprint density at radius 2 is 1.89 bits per heavy atom. The van der Waals surface area contributed by atoms with Crippen LogP contribution in [0.1, 0.15) is 50.4 Å². The summed E-state index contributed by atoms with van der Waals surface area (Å²) in [5.41, 5.74) is 1.41. The van der Waals surface area contributed by atoms with Crippen LogP contribution in [-0.2, 0) is 24.2 Å². The molecule has 1 fully saturated rings. The third-order valence-electron chi connectivity index (χ3n) is 6.00. The standard InChI is InChI=1S/C22H30N4OS/c1-17(28-22-24-23-20-10-6-3-7-13-26(20)22)21(27)25-14-11-19(12-15-25)16-18-8-4-2-5-9-18/h2,4-5,8-9,17,19H,3,6-7,10-16H2,1H3/t17-/m1/s1. The molecule has 2 aliphatic rings. The molecule has 0 bridgehead atoms. The van der Waals surface area contributed by atoms with Crippen molar-refractivity contribution < 1.29 is 4.79 Å². The van der Waals surface area contributed by atoms with Crippen LogP contribution in [0.15, 0.2) is 35.5 Å². The number of thioether (sulfide) groups is 1. The van der Waals surface area contributed by atoms with E-state index in [0.717, 1.165) is 56.3 Å². The van der Waals surface area contributed by atoms with Gasteiger partial charge in [-0.1, -0.05) is 48.5 Å². The van der Waals surface area contributed by atoms with Crippen molar-refractivity contribution >= 4 is 17.7 Å². The average Bonchev–Trinajstić information content (AvgIpc) is 2.95. The molecular formula is C22H30N4OS. The SMILES string of the molecule is C[C@@H](Sc1nnc2n1CCCCC2)C(=O)N1CCC(Cc2ccccc2)CC1. The Kier molecular flexibility index (Phi) is 6.35. The number of hydrogen-bond donors (Lipinski definition) is 0. The summed E-state index contributed by atoms with van der Waals surface area (Å²) in [5, 5.41) is 9.53. The number of amides is 1. The summed E-state index contributed by atoms with van der Waals surface area (Å²) in [7, 11) is 0. The molecule has 0 N–H and O–H groups in total. The lowest BCUT2D eigenvalue weighted by molar-refractivity contribution is -0.131. The van der Waals surface area contributed by atoms with Gasteiger partial charge in [0.05, 0.1) is 5.25 Å². The highest BCUT2D eigenvalue weighted by Crippen LogP contribution is 2.28. The highest BCUT2D eigenvalue weighted by Gasteiger charge is 2.28. The van der Waals surface area contributed by atoms with Crippen molar-refractivity contribution in [1.29, 1.82) is 0 Å². The second-order valence-corrected chi connectivity index (χ2v) is 9.39. The first kappa shape index (κ1) is 19.5. The first-order chi connectivity index (χ1) is 13.7. The lowest BCUT2D eigenvalue weighted by atomic mass is 9.90. The zero-order chi connectivity index (χ0) is 19.3. The van der Waals surface area contributed by atoms with Crippen LogP contribution in [0, 0.1) is 5.92 Å². The molecule has 0 aliphatic carbocycles. The highest BCUT2D eigenvalue weighted by molar-refractivity contribution is 8.00. The van der Waals surface area contributed by atoms with Crippen LogP contribution in [0.4, 0.5) is 0 Å². The topological polar surface area (TPSA) is 51.0 Å². The lowest BCUT2D eigenvalue weighted by Crippen LogP contribution is -2.42. The first-order valence-corrected chi connectivity index (χ1v) is 11.5. The van der Waals surface area contributed by atoms with E-state index < -0.39 is 0 Å². The molecule has 0 radical (unpaired) electrons. The van der Waals surface area contributed by atoms with E-state index in [1.807, 2.05) is 6.92 Å². The Labute approximate surface area is 171 Å². The number of piperidine rings is 1. The van der Waals surface area contributed by atoms with Gasteiger partial charge in [0.2, 0.25) is 5.91 Å². The Bertz CT molecular complexity index is 783. The van der Waals surface area contributed by atoms with Gasteiger partial charge in [0.15, 0.2) is 5.16 Å². The molecule has 4 rings (SSSR count). The number of fused-ring (bicyclic) bond motifs is 1. The van der Waals surface area contributed by atoms with Crippen molar-refractivity contribution in [3.8, 4) is 0 Å². The summed E-state index contributed by atoms with van der Waals surface area (Å²) in [6.45, 7) is 4.75. The Balaban J connectivity index is 1.30. The predicted octanol–water partition coefficient (Wildman–Crippen LogP) is 3.97. The fourth-order valence-corrected chi connectivity index (χ4v) is 5.29. The van der Waals surface area contributed by atoms with Gasteiger partial charge in [0.25, 0.3) is 0 Å². The van der Waals surface area contributed by atoms with E-state index in [0.29, 0.717) is 5.92 Å². The molecule has 0 unspecified atom stereocenters. The number of benzene rings is 1. The van der Waals surface area contributed by atoms with Gasteiger partial charge in [-0.2, -0.15) is 0 Å². The Morgan fingerprint density at radius 1 is 1.11 bits per heavy atom. The normalized spacial score (nSPS) is 19.1. The van der Waals surface area contributed by atoms with Gasteiger partial charge in [-0.15, -0.1) is 10.2 Å². The lowest BCUT2D eigenvalue weighted by Gasteiger charge is -2.33. The van der Waals surface area contributed by atoms with Crippen LogP contribution >= 0.6 is 11.8 Å². The van der Waals surface area contributed by atoms with Gasteiger partial charge in [0, 0.05) is 26.1 Å². The van der Waals surface area contributed by atoms with Gasteiger partial charge < -0.3 is 9.47 Å². The van der Waals surface area contributed by atoms with Crippen LogP contribution in [0.25, 0.3) is 0 Å². The summed E-state index contributed by atoms with van der Waals surface area (Å²) in [6, 6.07) is 10.7. The second-order valence-electron chi connectivity index (χ2n) is 8.08. The average molecular weight is 399 g/mol. The van der Waals surface area contributed by atoms with E-state index in [4.69, 9.17) is 0 Å². The fraction of sp³-hybridized carbons (Fsp3) is 0.591. The van der Waals surface area contributed by atoms with Crippen molar-refractivity contribution in [3.05, 3.63) is 41.7 Å². The number of hydrogen-bond acceptors (Lipinski definition) is 4. The van der Waals surface area contributed by atoms with E-state index in [2.05, 4.69) is 50.0 Å². The van der Waals surface area contributed by atoms with Crippen molar-refractivity contribution in [2.45, 2.75) is 68.8 Å². The minimum absolute atomic E-state index is 0.109. The summed E-state index contributed by atoms with van der Waals surface area (Å²) in [4.78, 5) is 15.0. The number of carbonyl (C=O) groups is 1. The molecule has 1 aromatic heterocycles. The zero-order valence-electron chi connectivity index (χ0n) is 16.7. The minimum Gasteiger partial charge on any atom is -0.342 e. The van der Waals surface area contributed by atoms with Crippen LogP contribution in [0.5, 0.6) is 0 Å². The highest BCUT2D eigenvalue weighted by atomic mass is 32.2. The molecule has 1 aromatic carbocycles. The molecule has 0 spiro atoms. The number of nitrogens with zero attached hydrogens (tertiary/aromatic N) is 4. The smallest absolute Gasteiger partial charge is 0.235 e. The van der Waals surface area contributed by atoms with E-state index >= 15 is 0 Å². The molecule has 2 aliphatic heterocycles. The molecule has 1 saturated heterocycles. The molecular weight excluding hydrogens is 368 g/mol. The maximum Gasteiger partial charge on any atom is 0.235 e. The molecule has 6 heteroatoms. The van der Waals surface area contributed by atoms with E-state index in [1.54, 1.807) is 11.8 Å². The van der Waals surface area contributed by atoms with Gasteiger partial charge in [0.1, 0.15) is 5.82 Å². The predicted molar refractivity (Wildman–Crippen MR) is 112 cm³/mol. The third-order valence-corrected chi connectivity index (χ3v) is 7.07. The molecule has 0 saturated carbocycles. The van der Waals surface area contributed by atoms with Gasteiger partial charge in [-0.3, -0.25) is 4.79 Å². The summed E-state index contributed by atoms with van der Waals surface area (Å²) < 4.78 is 2.23. The van der Waals surface area contributed by atoms with Crippen LogP contribution in [0.2, 0.25) is 0 Å². The van der Waals surface area contributed by atoms with Crippen LogP contribution in [-0.4, -0.2) is 43.9 Å². The summed E-state index contributed by atoms with van der Waals surface area (Å²) in [6.07, 6.45) is 7.94. The number of aromatic nitrogens is 3. The molecule has 3 heterocycles. The van der Waals surface area contributed by atoms with Crippen LogP contribution < -0.4 is 0 Å². The Hall–Kier alpha value is -1.82. The van der Waals surface area contributed by atoms with Crippen LogP contribution in [0.3, 0.4) is 0 Å². The molecule has 28 heavy (non-hydrogen) atoms. The van der Waals surface area contributed by atoms with Gasteiger partial charge >= 0.3 is 0 Å².